The van der Waals surface area contributed by atoms with Crippen molar-refractivity contribution < 1.29 is 4.79 Å². The molecule has 1 aliphatic carbocycles. The van der Waals surface area contributed by atoms with Gasteiger partial charge in [-0.3, -0.25) is 4.79 Å². The summed E-state index contributed by atoms with van der Waals surface area (Å²) in [5.41, 5.74) is 2.20. The van der Waals surface area contributed by atoms with E-state index < -0.39 is 0 Å². The normalized spacial score (nSPS) is 22.8. The molecule has 0 aliphatic heterocycles. The minimum Gasteiger partial charge on any atom is -0.298 e. The van der Waals surface area contributed by atoms with E-state index in [0.29, 0.717) is 18.1 Å². The molecule has 1 aromatic rings. The summed E-state index contributed by atoms with van der Waals surface area (Å²) in [5, 5.41) is 0. The lowest BCUT2D eigenvalue weighted by molar-refractivity contribution is -0.123. The first-order chi connectivity index (χ1) is 7.56. The predicted molar refractivity (Wildman–Crippen MR) is 68.7 cm³/mol. The fourth-order valence-electron chi connectivity index (χ4n) is 2.32. The van der Waals surface area contributed by atoms with E-state index in [2.05, 4.69) is 32.9 Å². The van der Waals surface area contributed by atoms with Crippen LogP contribution >= 0.6 is 0 Å². The van der Waals surface area contributed by atoms with Crippen molar-refractivity contribution in [1.82, 2.24) is 0 Å². The van der Waals surface area contributed by atoms with Gasteiger partial charge in [0.2, 0.25) is 0 Å². The molecule has 0 heterocycles. The zero-order valence-corrected chi connectivity index (χ0v) is 11.0. The molecule has 1 aliphatic rings. The molecule has 0 saturated carbocycles. The van der Waals surface area contributed by atoms with Gasteiger partial charge in [-0.1, -0.05) is 52.0 Å². The van der Waals surface area contributed by atoms with Gasteiger partial charge < -0.3 is 0 Å². The molecule has 0 saturated heterocycles. The van der Waals surface area contributed by atoms with Crippen molar-refractivity contribution in [3.8, 4) is 0 Å². The number of hydrogen-bond donors (Lipinski definition) is 0. The highest BCUT2D eigenvalue weighted by atomic mass is 16.1. The third-order valence-electron chi connectivity index (χ3n) is 3.66. The molecule has 0 aromatic heterocycles. The Hall–Kier alpha value is -1.11. The van der Waals surface area contributed by atoms with Crippen molar-refractivity contribution in [2.24, 2.45) is 5.92 Å². The lowest BCUT2D eigenvalue weighted by Gasteiger charge is -2.28. The number of fused-ring (bicyclic) bond motifs is 1. The Kier molecular flexibility index (Phi) is 3.90. The van der Waals surface area contributed by atoms with Crippen LogP contribution in [0.1, 0.15) is 45.7 Å². The van der Waals surface area contributed by atoms with E-state index in [9.17, 15) is 4.79 Å². The van der Waals surface area contributed by atoms with Gasteiger partial charge in [0.25, 0.3) is 0 Å². The molecule has 16 heavy (non-hydrogen) atoms. The Balaban J connectivity index is 0.000000606. The number of benzene rings is 1. The van der Waals surface area contributed by atoms with Gasteiger partial charge in [0.1, 0.15) is 5.78 Å². The topological polar surface area (TPSA) is 17.1 Å². The molecule has 0 amide bonds. The molecule has 1 heteroatoms. The van der Waals surface area contributed by atoms with Crippen LogP contribution in [0.2, 0.25) is 0 Å². The van der Waals surface area contributed by atoms with E-state index >= 15 is 0 Å². The summed E-state index contributed by atoms with van der Waals surface area (Å²) < 4.78 is 0. The number of ketones is 1. The largest absolute Gasteiger partial charge is 0.298 e. The molecule has 88 valence electrons. The van der Waals surface area contributed by atoms with Crippen molar-refractivity contribution in [3.05, 3.63) is 35.4 Å². The van der Waals surface area contributed by atoms with Crippen LogP contribution in [0, 0.1) is 5.92 Å². The maximum atomic E-state index is 12.0. The molecule has 0 fully saturated rings. The van der Waals surface area contributed by atoms with Gasteiger partial charge in [0, 0.05) is 6.42 Å². The highest BCUT2D eigenvalue weighted by molar-refractivity contribution is 5.96. The van der Waals surface area contributed by atoms with E-state index in [-0.39, 0.29) is 5.41 Å². The van der Waals surface area contributed by atoms with Crippen LogP contribution in [0.4, 0.5) is 0 Å². The Morgan fingerprint density at radius 2 is 1.75 bits per heavy atom. The third kappa shape index (κ3) is 1.79. The molecule has 1 unspecified atom stereocenters. The van der Waals surface area contributed by atoms with Gasteiger partial charge in [0.05, 0.1) is 5.41 Å². The molecule has 0 N–H and O–H groups in total. The quantitative estimate of drug-likeness (QED) is 0.701. The number of rotatable bonds is 1. The van der Waals surface area contributed by atoms with Crippen molar-refractivity contribution in [1.29, 1.82) is 0 Å². The van der Waals surface area contributed by atoms with Crippen LogP contribution in [-0.2, 0) is 16.6 Å². The number of carbonyl (C=O) groups is 1. The number of carbonyl (C=O) groups excluding carboxylic acids is 1. The minimum atomic E-state index is -0.253. The summed E-state index contributed by atoms with van der Waals surface area (Å²) in [6, 6.07) is 8.21. The first-order valence-electron chi connectivity index (χ1n) is 6.18. The Bertz CT molecular complexity index is 379. The second-order valence-corrected chi connectivity index (χ2v) is 4.61. The first-order valence-corrected chi connectivity index (χ1v) is 6.18. The van der Waals surface area contributed by atoms with Crippen LogP contribution in [0.5, 0.6) is 0 Å². The van der Waals surface area contributed by atoms with Gasteiger partial charge >= 0.3 is 0 Å². The lowest BCUT2D eigenvalue weighted by atomic mass is 9.74. The van der Waals surface area contributed by atoms with Gasteiger partial charge in [-0.2, -0.15) is 0 Å². The molecular weight excluding hydrogens is 196 g/mol. The van der Waals surface area contributed by atoms with Gasteiger partial charge in [-0.25, -0.2) is 0 Å². The smallest absolute Gasteiger partial charge is 0.147 e. The fourth-order valence-corrected chi connectivity index (χ4v) is 2.32. The Labute approximate surface area is 98.9 Å². The van der Waals surface area contributed by atoms with Crippen molar-refractivity contribution in [2.45, 2.75) is 46.5 Å². The molecule has 1 aromatic carbocycles. The van der Waals surface area contributed by atoms with E-state index in [4.69, 9.17) is 0 Å². The summed E-state index contributed by atoms with van der Waals surface area (Å²) in [7, 11) is 0. The standard InChI is InChI=1S/C13H16O.C2H6/c1-9(2)13(3)11-7-5-4-6-10(11)8-12(13)14;1-2/h4-7,9H,8H2,1-3H3;1-2H3. The third-order valence-corrected chi connectivity index (χ3v) is 3.66. The van der Waals surface area contributed by atoms with Gasteiger partial charge in [0.15, 0.2) is 0 Å². The van der Waals surface area contributed by atoms with Crippen molar-refractivity contribution in [2.75, 3.05) is 0 Å². The number of hydrogen-bond acceptors (Lipinski definition) is 1. The maximum absolute atomic E-state index is 12.0. The monoisotopic (exact) mass is 218 g/mol. The summed E-state index contributed by atoms with van der Waals surface area (Å²) in [6.07, 6.45) is 0.616. The lowest BCUT2D eigenvalue weighted by Crippen LogP contribution is -2.34. The van der Waals surface area contributed by atoms with Crippen molar-refractivity contribution in [3.63, 3.8) is 0 Å². The fraction of sp³-hybridized carbons (Fsp3) is 0.533. The molecule has 1 atom stereocenters. The van der Waals surface area contributed by atoms with Crippen LogP contribution in [0.3, 0.4) is 0 Å². The SMILES string of the molecule is CC.CC(C)C1(C)C(=O)Cc2ccccc21. The highest BCUT2D eigenvalue weighted by Crippen LogP contribution is 2.41. The first kappa shape index (κ1) is 13.0. The summed E-state index contributed by atoms with van der Waals surface area (Å²) >= 11 is 0. The second kappa shape index (κ2) is 4.82. The minimum absolute atomic E-state index is 0.253. The molecular formula is C15H22O. The highest BCUT2D eigenvalue weighted by Gasteiger charge is 2.43. The van der Waals surface area contributed by atoms with Crippen LogP contribution in [0.25, 0.3) is 0 Å². The molecule has 0 radical (unpaired) electrons. The number of Topliss-reactive ketones (excluding diaryl/α,β-unsaturated/α-hetero) is 1. The van der Waals surface area contributed by atoms with E-state index in [0.717, 1.165) is 0 Å². The van der Waals surface area contributed by atoms with Crippen LogP contribution in [-0.4, -0.2) is 5.78 Å². The second-order valence-electron chi connectivity index (χ2n) is 4.61. The zero-order valence-electron chi connectivity index (χ0n) is 11.0. The maximum Gasteiger partial charge on any atom is 0.147 e. The van der Waals surface area contributed by atoms with E-state index in [1.807, 2.05) is 26.0 Å². The molecule has 1 nitrogen and oxygen atoms in total. The van der Waals surface area contributed by atoms with Crippen LogP contribution in [0.15, 0.2) is 24.3 Å². The summed E-state index contributed by atoms with van der Waals surface area (Å²) in [4.78, 5) is 12.0. The van der Waals surface area contributed by atoms with Gasteiger partial charge in [-0.15, -0.1) is 0 Å². The Morgan fingerprint density at radius 3 is 2.31 bits per heavy atom. The predicted octanol–water partition coefficient (Wildman–Crippen LogP) is 3.75. The zero-order chi connectivity index (χ0) is 12.3. The average molecular weight is 218 g/mol. The van der Waals surface area contributed by atoms with E-state index in [1.165, 1.54) is 11.1 Å². The summed E-state index contributed by atoms with van der Waals surface area (Å²) in [6.45, 7) is 10.3. The molecule has 0 bridgehead atoms. The summed E-state index contributed by atoms with van der Waals surface area (Å²) in [5.74, 6) is 0.743. The Morgan fingerprint density at radius 1 is 1.19 bits per heavy atom. The molecule has 0 spiro atoms. The average Bonchev–Trinajstić information content (AvgIpc) is 2.56. The van der Waals surface area contributed by atoms with Crippen LogP contribution < -0.4 is 0 Å². The van der Waals surface area contributed by atoms with Crippen molar-refractivity contribution >= 4 is 5.78 Å². The molecule has 2 rings (SSSR count). The van der Waals surface area contributed by atoms with Gasteiger partial charge in [-0.05, 0) is 24.0 Å². The van der Waals surface area contributed by atoms with E-state index in [1.54, 1.807) is 0 Å².